The molecule has 0 aliphatic rings. The number of halogens is 2. The lowest BCUT2D eigenvalue weighted by Crippen LogP contribution is -2.11. The SMILES string of the molecule is CCNCc1ccc(COCc2cccc(Cl)c2)c(Br)c1. The van der Waals surface area contributed by atoms with E-state index in [0.29, 0.717) is 13.2 Å². The van der Waals surface area contributed by atoms with Gasteiger partial charge < -0.3 is 10.1 Å². The lowest BCUT2D eigenvalue weighted by molar-refractivity contribution is 0.107. The van der Waals surface area contributed by atoms with Crippen LogP contribution in [0.3, 0.4) is 0 Å². The molecule has 0 aliphatic carbocycles. The summed E-state index contributed by atoms with van der Waals surface area (Å²) in [4.78, 5) is 0. The summed E-state index contributed by atoms with van der Waals surface area (Å²) >= 11 is 9.56. The predicted octanol–water partition coefficient (Wildman–Crippen LogP) is 4.93. The molecule has 0 saturated carbocycles. The fourth-order valence-corrected chi connectivity index (χ4v) is 2.75. The molecule has 0 bridgehead atoms. The third kappa shape index (κ3) is 5.44. The van der Waals surface area contributed by atoms with Crippen LogP contribution < -0.4 is 5.32 Å². The Morgan fingerprint density at radius 3 is 2.67 bits per heavy atom. The number of rotatable bonds is 7. The highest BCUT2D eigenvalue weighted by molar-refractivity contribution is 9.10. The molecule has 1 N–H and O–H groups in total. The fraction of sp³-hybridized carbons (Fsp3) is 0.294. The first kappa shape index (κ1) is 16.5. The number of benzene rings is 2. The molecular formula is C17H19BrClNO. The zero-order valence-corrected chi connectivity index (χ0v) is 14.4. The maximum Gasteiger partial charge on any atom is 0.0732 e. The lowest BCUT2D eigenvalue weighted by Gasteiger charge is -2.09. The number of ether oxygens (including phenoxy) is 1. The van der Waals surface area contributed by atoms with Crippen LogP contribution in [0.25, 0.3) is 0 Å². The second-order valence-electron chi connectivity index (χ2n) is 4.83. The normalized spacial score (nSPS) is 10.8. The average molecular weight is 369 g/mol. The van der Waals surface area contributed by atoms with Crippen molar-refractivity contribution >= 4 is 27.5 Å². The Kier molecular flexibility index (Phi) is 6.71. The number of hydrogen-bond donors (Lipinski definition) is 1. The summed E-state index contributed by atoms with van der Waals surface area (Å²) in [7, 11) is 0. The van der Waals surface area contributed by atoms with Crippen molar-refractivity contribution < 1.29 is 4.74 Å². The molecule has 2 nitrogen and oxygen atoms in total. The molecule has 2 rings (SSSR count). The quantitative estimate of drug-likeness (QED) is 0.748. The van der Waals surface area contributed by atoms with Crippen LogP contribution in [0.15, 0.2) is 46.9 Å². The van der Waals surface area contributed by atoms with Gasteiger partial charge in [-0.2, -0.15) is 0 Å². The van der Waals surface area contributed by atoms with E-state index in [0.717, 1.165) is 33.7 Å². The van der Waals surface area contributed by atoms with Gasteiger partial charge in [-0.25, -0.2) is 0 Å². The molecule has 0 aliphatic heterocycles. The molecule has 21 heavy (non-hydrogen) atoms. The molecule has 0 spiro atoms. The number of hydrogen-bond acceptors (Lipinski definition) is 2. The van der Waals surface area contributed by atoms with E-state index in [2.05, 4.69) is 46.4 Å². The second kappa shape index (κ2) is 8.54. The highest BCUT2D eigenvalue weighted by Crippen LogP contribution is 2.20. The summed E-state index contributed by atoms with van der Waals surface area (Å²) in [5, 5.41) is 4.06. The van der Waals surface area contributed by atoms with Crippen LogP contribution in [0, 0.1) is 0 Å². The van der Waals surface area contributed by atoms with Crippen LogP contribution >= 0.6 is 27.5 Å². The highest BCUT2D eigenvalue weighted by atomic mass is 79.9. The smallest absolute Gasteiger partial charge is 0.0732 e. The van der Waals surface area contributed by atoms with Crippen molar-refractivity contribution in [3.63, 3.8) is 0 Å². The Morgan fingerprint density at radius 2 is 1.95 bits per heavy atom. The first-order valence-electron chi connectivity index (χ1n) is 6.99. The Balaban J connectivity index is 1.88. The zero-order valence-electron chi connectivity index (χ0n) is 12.0. The van der Waals surface area contributed by atoms with Crippen molar-refractivity contribution in [1.29, 1.82) is 0 Å². The third-order valence-electron chi connectivity index (χ3n) is 3.11. The molecule has 4 heteroatoms. The lowest BCUT2D eigenvalue weighted by atomic mass is 10.1. The van der Waals surface area contributed by atoms with Crippen LogP contribution in [0.5, 0.6) is 0 Å². The fourth-order valence-electron chi connectivity index (χ4n) is 1.99. The first-order chi connectivity index (χ1) is 10.2. The van der Waals surface area contributed by atoms with Crippen LogP contribution in [-0.2, 0) is 24.5 Å². The van der Waals surface area contributed by atoms with Gasteiger partial charge in [0.15, 0.2) is 0 Å². The van der Waals surface area contributed by atoms with Gasteiger partial charge in [0.1, 0.15) is 0 Å². The van der Waals surface area contributed by atoms with Crippen LogP contribution in [-0.4, -0.2) is 6.54 Å². The minimum atomic E-state index is 0.562. The Morgan fingerprint density at radius 1 is 1.10 bits per heavy atom. The monoisotopic (exact) mass is 367 g/mol. The van der Waals surface area contributed by atoms with Crippen molar-refractivity contribution in [2.24, 2.45) is 0 Å². The molecule has 2 aromatic rings. The van der Waals surface area contributed by atoms with E-state index >= 15 is 0 Å². The standard InChI is InChI=1S/C17H19BrClNO/c1-2-20-10-13-6-7-15(17(18)9-13)12-21-11-14-4-3-5-16(19)8-14/h3-9,20H,2,10-12H2,1H3. The Bertz CT molecular complexity index is 589. The van der Waals surface area contributed by atoms with Crippen molar-refractivity contribution in [3.05, 3.63) is 68.7 Å². The molecule has 0 atom stereocenters. The molecule has 0 fully saturated rings. The van der Waals surface area contributed by atoms with Crippen LogP contribution in [0.4, 0.5) is 0 Å². The van der Waals surface area contributed by atoms with Gasteiger partial charge in [0.25, 0.3) is 0 Å². The molecule has 0 amide bonds. The molecule has 0 aromatic heterocycles. The first-order valence-corrected chi connectivity index (χ1v) is 8.16. The van der Waals surface area contributed by atoms with Crippen LogP contribution in [0.2, 0.25) is 5.02 Å². The van der Waals surface area contributed by atoms with Gasteiger partial charge in [-0.15, -0.1) is 0 Å². The van der Waals surface area contributed by atoms with Gasteiger partial charge >= 0.3 is 0 Å². The molecule has 0 saturated heterocycles. The van der Waals surface area contributed by atoms with E-state index in [4.69, 9.17) is 16.3 Å². The summed E-state index contributed by atoms with van der Waals surface area (Å²) < 4.78 is 6.85. The predicted molar refractivity (Wildman–Crippen MR) is 91.5 cm³/mol. The maximum atomic E-state index is 5.96. The largest absolute Gasteiger partial charge is 0.372 e. The molecule has 0 heterocycles. The maximum absolute atomic E-state index is 5.96. The summed E-state index contributed by atoms with van der Waals surface area (Å²) in [5.41, 5.74) is 3.50. The topological polar surface area (TPSA) is 21.3 Å². The molecule has 0 unspecified atom stereocenters. The summed E-state index contributed by atoms with van der Waals surface area (Å²) in [6, 6.07) is 14.1. The van der Waals surface area contributed by atoms with Crippen LogP contribution in [0.1, 0.15) is 23.6 Å². The Hall–Kier alpha value is -0.870. The summed E-state index contributed by atoms with van der Waals surface area (Å²) in [6.45, 7) is 5.11. The van der Waals surface area contributed by atoms with E-state index in [-0.39, 0.29) is 0 Å². The van der Waals surface area contributed by atoms with E-state index in [9.17, 15) is 0 Å². The molecule has 2 aromatic carbocycles. The molecular weight excluding hydrogens is 350 g/mol. The van der Waals surface area contributed by atoms with E-state index in [1.807, 2.05) is 24.3 Å². The second-order valence-corrected chi connectivity index (χ2v) is 6.12. The van der Waals surface area contributed by atoms with Crippen molar-refractivity contribution in [2.45, 2.75) is 26.7 Å². The average Bonchev–Trinajstić information content (AvgIpc) is 2.47. The zero-order chi connectivity index (χ0) is 15.1. The van der Waals surface area contributed by atoms with Gasteiger partial charge in [0.2, 0.25) is 0 Å². The van der Waals surface area contributed by atoms with Crippen molar-refractivity contribution in [3.8, 4) is 0 Å². The summed E-state index contributed by atoms with van der Waals surface area (Å²) in [6.07, 6.45) is 0. The van der Waals surface area contributed by atoms with Gasteiger partial charge in [0.05, 0.1) is 13.2 Å². The number of nitrogens with one attached hydrogen (secondary N) is 1. The third-order valence-corrected chi connectivity index (χ3v) is 4.09. The minimum absolute atomic E-state index is 0.562. The van der Waals surface area contributed by atoms with Crippen molar-refractivity contribution in [1.82, 2.24) is 5.32 Å². The Labute approximate surface area is 139 Å². The van der Waals surface area contributed by atoms with E-state index in [1.165, 1.54) is 5.56 Å². The highest BCUT2D eigenvalue weighted by Gasteiger charge is 2.03. The van der Waals surface area contributed by atoms with E-state index < -0.39 is 0 Å². The van der Waals surface area contributed by atoms with Gasteiger partial charge in [-0.1, -0.05) is 58.7 Å². The van der Waals surface area contributed by atoms with Crippen molar-refractivity contribution in [2.75, 3.05) is 6.54 Å². The van der Waals surface area contributed by atoms with Gasteiger partial charge in [-0.3, -0.25) is 0 Å². The van der Waals surface area contributed by atoms with Gasteiger partial charge in [0, 0.05) is 16.0 Å². The van der Waals surface area contributed by atoms with E-state index in [1.54, 1.807) is 0 Å². The minimum Gasteiger partial charge on any atom is -0.372 e. The summed E-state index contributed by atoms with van der Waals surface area (Å²) in [5.74, 6) is 0. The molecule has 0 radical (unpaired) electrons. The molecule has 112 valence electrons. The van der Waals surface area contributed by atoms with Gasteiger partial charge in [-0.05, 0) is 41.4 Å².